The molecule has 0 unspecified atom stereocenters. The van der Waals surface area contributed by atoms with E-state index in [0.29, 0.717) is 17.7 Å². The summed E-state index contributed by atoms with van der Waals surface area (Å²) >= 11 is 0. The Balaban J connectivity index is 2.86. The summed E-state index contributed by atoms with van der Waals surface area (Å²) in [7, 11) is 0. The van der Waals surface area contributed by atoms with Crippen LogP contribution < -0.4 is 5.32 Å². The van der Waals surface area contributed by atoms with Crippen molar-refractivity contribution in [2.75, 3.05) is 5.32 Å². The average Bonchev–Trinajstić information content (AvgIpc) is 2.37. The van der Waals surface area contributed by atoms with Crippen molar-refractivity contribution in [2.24, 2.45) is 5.92 Å². The van der Waals surface area contributed by atoms with Gasteiger partial charge in [0.15, 0.2) is 0 Å². The standard InChI is InChI=1S/C15H19NO4/c1-4-10-8-11(5-6-12(10)15(19)20)16-14(18)13(17)7-9(2)3/h5-6,8-9H,4,7H2,1-3H3,(H,16,18)(H,19,20). The first-order valence-corrected chi connectivity index (χ1v) is 6.55. The monoisotopic (exact) mass is 277 g/mol. The number of ketones is 1. The maximum atomic E-state index is 11.7. The number of nitrogens with one attached hydrogen (secondary N) is 1. The highest BCUT2D eigenvalue weighted by Gasteiger charge is 2.16. The number of benzene rings is 1. The molecule has 0 heterocycles. The summed E-state index contributed by atoms with van der Waals surface area (Å²) < 4.78 is 0. The second-order valence-corrected chi connectivity index (χ2v) is 5.01. The molecule has 0 spiro atoms. The van der Waals surface area contributed by atoms with Gasteiger partial charge in [-0.25, -0.2) is 4.79 Å². The van der Waals surface area contributed by atoms with Crippen molar-refractivity contribution in [1.29, 1.82) is 0 Å². The van der Waals surface area contributed by atoms with Crippen molar-refractivity contribution in [1.82, 2.24) is 0 Å². The summed E-state index contributed by atoms with van der Waals surface area (Å²) in [5, 5.41) is 11.5. The SMILES string of the molecule is CCc1cc(NC(=O)C(=O)CC(C)C)ccc1C(=O)O. The third kappa shape index (κ3) is 4.19. The molecule has 20 heavy (non-hydrogen) atoms. The average molecular weight is 277 g/mol. The highest BCUT2D eigenvalue weighted by atomic mass is 16.4. The summed E-state index contributed by atoms with van der Waals surface area (Å²) in [5.74, 6) is -2.02. The second kappa shape index (κ2) is 6.84. The molecule has 0 atom stereocenters. The zero-order valence-electron chi connectivity index (χ0n) is 11.9. The van der Waals surface area contributed by atoms with Crippen LogP contribution in [0.1, 0.15) is 43.1 Å². The quantitative estimate of drug-likeness (QED) is 0.782. The number of carboxylic acid groups (broad SMARTS) is 1. The fraction of sp³-hybridized carbons (Fsp3) is 0.400. The first-order valence-electron chi connectivity index (χ1n) is 6.55. The summed E-state index contributed by atoms with van der Waals surface area (Å²) in [6, 6.07) is 4.51. The van der Waals surface area contributed by atoms with Gasteiger partial charge >= 0.3 is 5.97 Å². The first-order chi connectivity index (χ1) is 9.35. The number of hydrogen-bond acceptors (Lipinski definition) is 3. The van der Waals surface area contributed by atoms with Crippen molar-refractivity contribution in [3.63, 3.8) is 0 Å². The van der Waals surface area contributed by atoms with Crippen LogP contribution in [0.25, 0.3) is 0 Å². The molecule has 0 aromatic heterocycles. The molecular formula is C15H19NO4. The predicted octanol–water partition coefficient (Wildman–Crippen LogP) is 2.50. The largest absolute Gasteiger partial charge is 0.478 e. The molecule has 108 valence electrons. The van der Waals surface area contributed by atoms with Gasteiger partial charge in [-0.3, -0.25) is 9.59 Å². The van der Waals surface area contributed by atoms with Crippen molar-refractivity contribution >= 4 is 23.3 Å². The molecule has 1 amide bonds. The van der Waals surface area contributed by atoms with Crippen LogP contribution in [0.5, 0.6) is 0 Å². The number of carboxylic acids is 1. The van der Waals surface area contributed by atoms with Gasteiger partial charge in [0.05, 0.1) is 5.56 Å². The van der Waals surface area contributed by atoms with Crippen LogP contribution in [-0.2, 0) is 16.0 Å². The van der Waals surface area contributed by atoms with E-state index in [1.807, 2.05) is 20.8 Å². The smallest absolute Gasteiger partial charge is 0.335 e. The number of aryl methyl sites for hydroxylation is 1. The Kier molecular flexibility index (Phi) is 5.43. The Morgan fingerprint density at radius 1 is 1.25 bits per heavy atom. The highest BCUT2D eigenvalue weighted by molar-refractivity contribution is 6.40. The molecule has 0 aliphatic heterocycles. The van der Waals surface area contributed by atoms with E-state index < -0.39 is 17.7 Å². The van der Waals surface area contributed by atoms with E-state index in [4.69, 9.17) is 5.11 Å². The molecule has 1 rings (SSSR count). The number of hydrogen-bond donors (Lipinski definition) is 2. The Morgan fingerprint density at radius 3 is 2.40 bits per heavy atom. The van der Waals surface area contributed by atoms with Gasteiger partial charge < -0.3 is 10.4 Å². The van der Waals surface area contributed by atoms with Crippen LogP contribution in [0.4, 0.5) is 5.69 Å². The van der Waals surface area contributed by atoms with Crippen LogP contribution in [-0.4, -0.2) is 22.8 Å². The van der Waals surface area contributed by atoms with Gasteiger partial charge in [-0.2, -0.15) is 0 Å². The molecule has 0 aliphatic rings. The Hall–Kier alpha value is -2.17. The van der Waals surface area contributed by atoms with Gasteiger partial charge in [-0.05, 0) is 36.1 Å². The van der Waals surface area contributed by atoms with Crippen molar-refractivity contribution in [2.45, 2.75) is 33.6 Å². The minimum absolute atomic E-state index is 0.119. The number of Topliss-reactive ketones (excluding diaryl/α,β-unsaturated/α-hetero) is 1. The lowest BCUT2D eigenvalue weighted by Gasteiger charge is -2.09. The van der Waals surface area contributed by atoms with Gasteiger partial charge in [-0.1, -0.05) is 20.8 Å². The first kappa shape index (κ1) is 15.9. The van der Waals surface area contributed by atoms with Crippen LogP contribution >= 0.6 is 0 Å². The molecule has 0 saturated carbocycles. The molecule has 0 bridgehead atoms. The molecule has 0 aliphatic carbocycles. The van der Waals surface area contributed by atoms with E-state index in [9.17, 15) is 14.4 Å². The van der Waals surface area contributed by atoms with E-state index in [1.165, 1.54) is 12.1 Å². The van der Waals surface area contributed by atoms with E-state index in [1.54, 1.807) is 6.07 Å². The molecular weight excluding hydrogens is 258 g/mol. The highest BCUT2D eigenvalue weighted by Crippen LogP contribution is 2.17. The Labute approximate surface area is 118 Å². The minimum atomic E-state index is -1.00. The zero-order chi connectivity index (χ0) is 15.3. The topological polar surface area (TPSA) is 83.5 Å². The number of amides is 1. The molecule has 0 radical (unpaired) electrons. The summed E-state index contributed by atoms with van der Waals surface area (Å²) in [6.45, 7) is 5.56. The summed E-state index contributed by atoms with van der Waals surface area (Å²) in [5.41, 5.74) is 1.26. The van der Waals surface area contributed by atoms with Gasteiger partial charge in [0.25, 0.3) is 5.91 Å². The van der Waals surface area contributed by atoms with Gasteiger partial charge in [0, 0.05) is 12.1 Å². The number of aromatic carboxylic acids is 1. The van der Waals surface area contributed by atoms with Crippen LogP contribution in [0.2, 0.25) is 0 Å². The Morgan fingerprint density at radius 2 is 1.90 bits per heavy atom. The van der Waals surface area contributed by atoms with E-state index in [2.05, 4.69) is 5.32 Å². The van der Waals surface area contributed by atoms with E-state index in [0.717, 1.165) is 0 Å². The normalized spacial score (nSPS) is 10.4. The summed E-state index contributed by atoms with van der Waals surface area (Å²) in [6.07, 6.45) is 0.727. The third-order valence-corrected chi connectivity index (χ3v) is 2.82. The second-order valence-electron chi connectivity index (χ2n) is 5.01. The van der Waals surface area contributed by atoms with Crippen LogP contribution in [0.3, 0.4) is 0 Å². The maximum absolute atomic E-state index is 11.7. The fourth-order valence-electron chi connectivity index (χ4n) is 1.84. The lowest BCUT2D eigenvalue weighted by molar-refractivity contribution is -0.135. The van der Waals surface area contributed by atoms with Gasteiger partial charge in [0.1, 0.15) is 0 Å². The summed E-state index contributed by atoms with van der Waals surface area (Å²) in [4.78, 5) is 34.3. The Bertz CT molecular complexity index is 535. The molecule has 0 saturated heterocycles. The minimum Gasteiger partial charge on any atom is -0.478 e. The zero-order valence-corrected chi connectivity index (χ0v) is 11.9. The molecule has 0 fully saturated rings. The maximum Gasteiger partial charge on any atom is 0.335 e. The molecule has 1 aromatic carbocycles. The van der Waals surface area contributed by atoms with Crippen LogP contribution in [0, 0.1) is 5.92 Å². The van der Waals surface area contributed by atoms with Crippen molar-refractivity contribution in [3.05, 3.63) is 29.3 Å². The predicted molar refractivity (Wildman–Crippen MR) is 75.9 cm³/mol. The molecule has 2 N–H and O–H groups in total. The van der Waals surface area contributed by atoms with E-state index in [-0.39, 0.29) is 17.9 Å². The lowest BCUT2D eigenvalue weighted by atomic mass is 10.0. The number of rotatable bonds is 6. The van der Waals surface area contributed by atoms with Gasteiger partial charge in [0.2, 0.25) is 5.78 Å². The molecule has 5 heteroatoms. The molecule has 1 aromatic rings. The van der Waals surface area contributed by atoms with Crippen molar-refractivity contribution < 1.29 is 19.5 Å². The van der Waals surface area contributed by atoms with Crippen molar-refractivity contribution in [3.8, 4) is 0 Å². The third-order valence-electron chi connectivity index (χ3n) is 2.82. The van der Waals surface area contributed by atoms with E-state index >= 15 is 0 Å². The number of anilines is 1. The molecule has 5 nitrogen and oxygen atoms in total. The number of carbonyl (C=O) groups is 3. The van der Waals surface area contributed by atoms with Gasteiger partial charge in [-0.15, -0.1) is 0 Å². The lowest BCUT2D eigenvalue weighted by Crippen LogP contribution is -2.24. The fourth-order valence-corrected chi connectivity index (χ4v) is 1.84. The number of carbonyl (C=O) groups excluding carboxylic acids is 2. The van der Waals surface area contributed by atoms with Crippen LogP contribution in [0.15, 0.2) is 18.2 Å².